The first kappa shape index (κ1) is 22.2. The molecule has 29 heavy (non-hydrogen) atoms. The van der Waals surface area contributed by atoms with Gasteiger partial charge in [0, 0.05) is 24.8 Å². The Morgan fingerprint density at radius 2 is 2.17 bits per heavy atom. The molecule has 0 radical (unpaired) electrons. The Morgan fingerprint density at radius 3 is 2.76 bits per heavy atom. The van der Waals surface area contributed by atoms with Crippen LogP contribution >= 0.6 is 0 Å². The smallest absolute Gasteiger partial charge is 0.289 e. The summed E-state index contributed by atoms with van der Waals surface area (Å²) in [5.74, 6) is -0.448. The highest BCUT2D eigenvalue weighted by Crippen LogP contribution is 2.30. The minimum atomic E-state index is -4.56. The van der Waals surface area contributed by atoms with Crippen molar-refractivity contribution in [2.75, 3.05) is 27.3 Å². The number of nitrogens with zero attached hydrogens (tertiary/aromatic N) is 3. The lowest BCUT2D eigenvalue weighted by atomic mass is 10.0. The summed E-state index contributed by atoms with van der Waals surface area (Å²) in [5.41, 5.74) is -0.618. The molecule has 1 heterocycles. The van der Waals surface area contributed by atoms with Crippen LogP contribution in [0.3, 0.4) is 0 Å². The van der Waals surface area contributed by atoms with Crippen LogP contribution in [0.15, 0.2) is 58.5 Å². The number of ether oxygens (including phenoxy) is 1. The molecule has 1 aliphatic heterocycles. The molecule has 12 heteroatoms. The first-order valence-electron chi connectivity index (χ1n) is 8.31. The quantitative estimate of drug-likeness (QED) is 0.370. The number of rotatable bonds is 8. The fraction of sp³-hybridized carbons (Fsp3) is 0.294. The van der Waals surface area contributed by atoms with Crippen LogP contribution in [0.1, 0.15) is 0 Å². The highest BCUT2D eigenvalue weighted by atomic mass is 32.2. The summed E-state index contributed by atoms with van der Waals surface area (Å²) < 4.78 is 32.2. The largest absolute Gasteiger partial charge is 0.481 e. The summed E-state index contributed by atoms with van der Waals surface area (Å²) >= 11 is 0. The number of nitrogens with one attached hydrogen (secondary N) is 1. The molecule has 1 aromatic carbocycles. The Labute approximate surface area is 167 Å². The van der Waals surface area contributed by atoms with E-state index in [1.807, 2.05) is 0 Å². The third-order valence-corrected chi connectivity index (χ3v) is 5.64. The van der Waals surface area contributed by atoms with Gasteiger partial charge in [-0.2, -0.15) is 0 Å². The molecule has 0 saturated carbocycles. The zero-order valence-corrected chi connectivity index (χ0v) is 16.6. The van der Waals surface area contributed by atoms with Gasteiger partial charge in [0.05, 0.1) is 25.2 Å². The first-order valence-corrected chi connectivity index (χ1v) is 9.75. The number of dihydropyridines is 1. The SMILES string of the molecule is C=CCON(C1CN=C(OC)C=C1C(=O)NC)S(=O)(=O)c1ccccc1[N+](=O)[O-]. The van der Waals surface area contributed by atoms with Crippen molar-refractivity contribution in [2.45, 2.75) is 10.9 Å². The average Bonchev–Trinajstić information content (AvgIpc) is 2.73. The molecular weight excluding hydrogens is 404 g/mol. The summed E-state index contributed by atoms with van der Waals surface area (Å²) in [6, 6.07) is 3.67. The van der Waals surface area contributed by atoms with Crippen LogP contribution in [0, 0.1) is 10.1 Å². The van der Waals surface area contributed by atoms with Crippen LogP contribution in [0.4, 0.5) is 5.69 Å². The summed E-state index contributed by atoms with van der Waals surface area (Å²) in [6.45, 7) is 3.06. The molecule has 156 valence electrons. The molecule has 1 aromatic rings. The van der Waals surface area contributed by atoms with E-state index in [0.29, 0.717) is 4.47 Å². The lowest BCUT2D eigenvalue weighted by Gasteiger charge is -2.31. The summed E-state index contributed by atoms with van der Waals surface area (Å²) in [6.07, 6.45) is 2.59. The van der Waals surface area contributed by atoms with E-state index in [1.165, 1.54) is 38.4 Å². The minimum absolute atomic E-state index is 0.00516. The number of carbonyl (C=O) groups is 1. The topological polar surface area (TPSA) is 140 Å². The Hall–Kier alpha value is -3.09. The van der Waals surface area contributed by atoms with E-state index in [1.54, 1.807) is 0 Å². The third kappa shape index (κ3) is 4.67. The van der Waals surface area contributed by atoms with Crippen molar-refractivity contribution < 1.29 is 27.7 Å². The molecule has 0 fully saturated rings. The van der Waals surface area contributed by atoms with Gasteiger partial charge < -0.3 is 10.1 Å². The summed E-state index contributed by atoms with van der Waals surface area (Å²) in [7, 11) is -1.82. The number of hydrogen-bond donors (Lipinski definition) is 1. The van der Waals surface area contributed by atoms with Crippen LogP contribution < -0.4 is 5.32 Å². The highest BCUT2D eigenvalue weighted by Gasteiger charge is 2.41. The predicted molar refractivity (Wildman–Crippen MR) is 104 cm³/mol. The minimum Gasteiger partial charge on any atom is -0.481 e. The third-order valence-electron chi connectivity index (χ3n) is 3.91. The van der Waals surface area contributed by atoms with Crippen LogP contribution in [-0.2, 0) is 24.4 Å². The van der Waals surface area contributed by atoms with E-state index in [0.717, 1.165) is 12.1 Å². The number of carbonyl (C=O) groups excluding carboxylic acids is 1. The maximum absolute atomic E-state index is 13.3. The van der Waals surface area contributed by atoms with E-state index in [-0.39, 0.29) is 24.6 Å². The molecule has 0 aromatic heterocycles. The molecule has 0 spiro atoms. The molecule has 2 rings (SSSR count). The zero-order valence-electron chi connectivity index (χ0n) is 15.8. The van der Waals surface area contributed by atoms with E-state index >= 15 is 0 Å². The highest BCUT2D eigenvalue weighted by molar-refractivity contribution is 7.89. The van der Waals surface area contributed by atoms with Crippen molar-refractivity contribution in [3.05, 3.63) is 58.7 Å². The number of nitro benzene ring substituents is 1. The number of likely N-dealkylation sites (N-methyl/N-ethyl adjacent to an activating group) is 1. The number of amides is 1. The van der Waals surface area contributed by atoms with Crippen LogP contribution in [-0.4, -0.2) is 63.0 Å². The van der Waals surface area contributed by atoms with Gasteiger partial charge in [0.1, 0.15) is 6.04 Å². The van der Waals surface area contributed by atoms with Crippen molar-refractivity contribution in [3.8, 4) is 0 Å². The molecule has 0 bridgehead atoms. The van der Waals surface area contributed by atoms with Gasteiger partial charge in [0.2, 0.25) is 11.8 Å². The molecule has 1 atom stereocenters. The van der Waals surface area contributed by atoms with Crippen molar-refractivity contribution in [2.24, 2.45) is 4.99 Å². The van der Waals surface area contributed by atoms with E-state index in [2.05, 4.69) is 16.9 Å². The van der Waals surface area contributed by atoms with Gasteiger partial charge in [-0.15, -0.1) is 6.58 Å². The van der Waals surface area contributed by atoms with Gasteiger partial charge in [-0.25, -0.2) is 13.4 Å². The second-order valence-electron chi connectivity index (χ2n) is 5.65. The fourth-order valence-electron chi connectivity index (χ4n) is 2.59. The fourth-order valence-corrected chi connectivity index (χ4v) is 4.16. The standard InChI is InChI=1S/C17H20N4O7S/c1-4-9-28-21(14-11-19-16(27-3)10-12(14)17(22)18-2)29(25,26)15-8-6-5-7-13(15)20(23)24/h4-8,10,14H,1,9,11H2,2-3H3,(H,18,22). The first-order chi connectivity index (χ1) is 13.8. The van der Waals surface area contributed by atoms with Crippen molar-refractivity contribution in [1.82, 2.24) is 9.79 Å². The van der Waals surface area contributed by atoms with Crippen LogP contribution in [0.2, 0.25) is 0 Å². The predicted octanol–water partition coefficient (Wildman–Crippen LogP) is 0.803. The van der Waals surface area contributed by atoms with Gasteiger partial charge >= 0.3 is 0 Å². The van der Waals surface area contributed by atoms with E-state index < -0.39 is 37.5 Å². The van der Waals surface area contributed by atoms with Crippen molar-refractivity contribution >= 4 is 27.5 Å². The number of nitro groups is 1. The van der Waals surface area contributed by atoms with Gasteiger partial charge in [0.15, 0.2) is 4.90 Å². The van der Waals surface area contributed by atoms with Crippen molar-refractivity contribution in [1.29, 1.82) is 0 Å². The van der Waals surface area contributed by atoms with Gasteiger partial charge in [0.25, 0.3) is 15.7 Å². The number of methoxy groups -OCH3 is 1. The zero-order chi connectivity index (χ0) is 21.6. The average molecular weight is 424 g/mol. The molecule has 1 amide bonds. The maximum atomic E-state index is 13.3. The maximum Gasteiger partial charge on any atom is 0.289 e. The van der Waals surface area contributed by atoms with Crippen LogP contribution in [0.5, 0.6) is 0 Å². The number of hydrogen-bond acceptors (Lipinski definition) is 8. The Balaban J connectivity index is 2.61. The summed E-state index contributed by atoms with van der Waals surface area (Å²) in [4.78, 5) is 31.7. The Morgan fingerprint density at radius 1 is 1.48 bits per heavy atom. The van der Waals surface area contributed by atoms with E-state index in [9.17, 15) is 23.3 Å². The van der Waals surface area contributed by atoms with Gasteiger partial charge in [-0.1, -0.05) is 22.7 Å². The Bertz CT molecular complexity index is 972. The number of hydroxylamine groups is 1. The second-order valence-corrected chi connectivity index (χ2v) is 7.40. The molecule has 1 unspecified atom stereocenters. The normalized spacial score (nSPS) is 16.6. The van der Waals surface area contributed by atoms with Gasteiger partial charge in [-0.05, 0) is 6.07 Å². The molecule has 1 aliphatic rings. The monoisotopic (exact) mass is 424 g/mol. The second kappa shape index (κ2) is 9.41. The number of sulfonamides is 1. The Kier molecular flexibility index (Phi) is 7.20. The lowest BCUT2D eigenvalue weighted by molar-refractivity contribution is -0.387. The summed E-state index contributed by atoms with van der Waals surface area (Å²) in [5, 5.41) is 13.8. The number of benzene rings is 1. The van der Waals surface area contributed by atoms with Gasteiger partial charge in [-0.3, -0.25) is 19.7 Å². The molecule has 0 saturated heterocycles. The molecule has 11 nitrogen and oxygen atoms in total. The molecular formula is C17H20N4O7S. The number of aliphatic imine (C=N–C) groups is 1. The van der Waals surface area contributed by atoms with Crippen molar-refractivity contribution in [3.63, 3.8) is 0 Å². The number of para-hydroxylation sites is 1. The van der Waals surface area contributed by atoms with E-state index in [4.69, 9.17) is 9.57 Å². The molecule has 1 N–H and O–H groups in total. The lowest BCUT2D eigenvalue weighted by Crippen LogP contribution is -2.47. The van der Waals surface area contributed by atoms with Crippen LogP contribution in [0.25, 0.3) is 0 Å². The molecule has 0 aliphatic carbocycles.